The number of hydrogen-bond donors (Lipinski definition) is 3. The molecule has 2 unspecified atom stereocenters. The highest BCUT2D eigenvalue weighted by Crippen LogP contribution is 2.33. The number of rotatable bonds is 13. The van der Waals surface area contributed by atoms with Crippen LogP contribution >= 0.6 is 0 Å². The average Bonchev–Trinajstić information content (AvgIpc) is 3.97. The van der Waals surface area contributed by atoms with Gasteiger partial charge in [-0.1, -0.05) is 12.8 Å². The predicted molar refractivity (Wildman–Crippen MR) is 239 cm³/mol. The molecule has 63 heavy (non-hydrogen) atoms. The van der Waals surface area contributed by atoms with Gasteiger partial charge in [0.2, 0.25) is 17.8 Å². The minimum absolute atomic E-state index is 0.0125. The highest BCUT2D eigenvalue weighted by atomic mass is 19.1. The lowest BCUT2D eigenvalue weighted by Gasteiger charge is -2.36. The van der Waals surface area contributed by atoms with E-state index in [2.05, 4.69) is 50.9 Å². The molecule has 3 N–H and O–H groups in total. The number of Topliss-reactive ketones (excluding diaryl/α,β-unsaturated/α-hetero) is 1. The van der Waals surface area contributed by atoms with Crippen LogP contribution in [0, 0.1) is 12.9 Å². The molecule has 2 aliphatic carbocycles. The van der Waals surface area contributed by atoms with E-state index >= 15 is 0 Å². The van der Waals surface area contributed by atoms with E-state index in [0.29, 0.717) is 60.2 Å². The Morgan fingerprint density at radius 1 is 0.873 bits per heavy atom. The highest BCUT2D eigenvalue weighted by molar-refractivity contribution is 6.07. The van der Waals surface area contributed by atoms with Crippen LogP contribution in [-0.2, 0) is 4.79 Å². The van der Waals surface area contributed by atoms with Crippen LogP contribution in [0.4, 0.5) is 39.3 Å². The van der Waals surface area contributed by atoms with Crippen LogP contribution < -0.4 is 31.3 Å². The second kappa shape index (κ2) is 18.4. The number of anilines is 6. The van der Waals surface area contributed by atoms with Gasteiger partial charge in [-0.05, 0) is 87.9 Å². The zero-order valence-electron chi connectivity index (χ0n) is 36.3. The van der Waals surface area contributed by atoms with Crippen LogP contribution in [0.2, 0.25) is 0 Å². The summed E-state index contributed by atoms with van der Waals surface area (Å²) in [5, 5.41) is 18.0. The molecule has 5 aromatic heterocycles. The number of piperazine rings is 1. The molecule has 3 fully saturated rings. The van der Waals surface area contributed by atoms with Crippen LogP contribution in [-0.4, -0.2) is 128 Å². The Morgan fingerprint density at radius 3 is 2.32 bits per heavy atom. The van der Waals surface area contributed by atoms with Gasteiger partial charge in [-0.2, -0.15) is 9.37 Å². The first-order valence-corrected chi connectivity index (χ1v) is 21.5. The SMILES string of the molecule is CC(=O)c1c(C)c2cnc(Nc3ccc(N4CCN(CC(=O)N(C)C5CCC(Nc6nc(F)ccc6C(=O)Nc6ccc(N(C)C)nn6)C5)CC4)cn3)nc2n(C2CCCC2)c1=O. The molecule has 0 radical (unpaired) electrons. The summed E-state index contributed by atoms with van der Waals surface area (Å²) >= 11 is 0. The van der Waals surface area contributed by atoms with Crippen molar-refractivity contribution >= 4 is 63.5 Å². The Morgan fingerprint density at radius 2 is 1.63 bits per heavy atom. The second-order valence-electron chi connectivity index (χ2n) is 16.9. The molecule has 0 aromatic carbocycles. The van der Waals surface area contributed by atoms with Crippen molar-refractivity contribution in [3.63, 3.8) is 0 Å². The fourth-order valence-corrected chi connectivity index (χ4v) is 8.92. The van der Waals surface area contributed by atoms with Crippen molar-refractivity contribution in [1.29, 1.82) is 0 Å². The number of amides is 2. The van der Waals surface area contributed by atoms with E-state index in [0.717, 1.165) is 63.4 Å². The number of aryl methyl sites for hydroxylation is 1. The van der Waals surface area contributed by atoms with E-state index in [4.69, 9.17) is 4.98 Å². The number of fused-ring (bicyclic) bond motifs is 1. The van der Waals surface area contributed by atoms with Crippen molar-refractivity contribution in [2.24, 2.45) is 0 Å². The molecule has 8 rings (SSSR count). The maximum atomic E-state index is 14.3. The van der Waals surface area contributed by atoms with Crippen LogP contribution in [0.15, 0.2) is 53.6 Å². The van der Waals surface area contributed by atoms with Gasteiger partial charge in [0.05, 0.1) is 29.6 Å². The lowest BCUT2D eigenvalue weighted by molar-refractivity contribution is -0.133. The van der Waals surface area contributed by atoms with Gasteiger partial charge >= 0.3 is 0 Å². The fraction of sp³-hybridized carbons (Fsp3) is 0.455. The average molecular weight is 861 g/mol. The van der Waals surface area contributed by atoms with Crippen molar-refractivity contribution in [2.75, 3.05) is 79.6 Å². The van der Waals surface area contributed by atoms with E-state index in [1.807, 2.05) is 38.2 Å². The van der Waals surface area contributed by atoms with Crippen molar-refractivity contribution in [3.8, 4) is 0 Å². The largest absolute Gasteiger partial charge is 0.368 e. The number of likely N-dealkylation sites (N-methyl/N-ethyl adjacent to an activating group) is 1. The summed E-state index contributed by atoms with van der Waals surface area (Å²) in [5.74, 6) is 0.464. The standard InChI is InChI=1S/C44H53FN14O4/c1-26-33-24-47-44(52-41(33)59(29-8-6-7-9-29)43(63)39(26)27(2)60)51-35-15-12-31(23-46-35)58-20-18-57(19-21-58)25-38(61)56(5)30-11-10-28(22-30)48-40-32(13-14-34(45)49-40)42(62)50-36-16-17-37(54-53-36)55(3)4/h12-17,23-24,28-30H,6-11,18-22,25H2,1-5H3,(H,48,49)(H,50,53,62)(H,46,47,51,52). The monoisotopic (exact) mass is 860 g/mol. The number of aromatic nitrogens is 7. The predicted octanol–water partition coefficient (Wildman–Crippen LogP) is 4.81. The van der Waals surface area contributed by atoms with E-state index in [9.17, 15) is 23.6 Å². The van der Waals surface area contributed by atoms with E-state index in [1.165, 1.54) is 13.0 Å². The van der Waals surface area contributed by atoms with Crippen LogP contribution in [0.5, 0.6) is 0 Å². The van der Waals surface area contributed by atoms with Gasteiger partial charge in [0.1, 0.15) is 17.3 Å². The molecule has 6 heterocycles. The third-order valence-corrected chi connectivity index (χ3v) is 12.5. The molecule has 0 bridgehead atoms. The molecule has 5 aromatic rings. The van der Waals surface area contributed by atoms with Gasteiger partial charge in [0.25, 0.3) is 11.5 Å². The number of halogens is 1. The number of pyridine rings is 3. The minimum atomic E-state index is -0.709. The smallest absolute Gasteiger partial charge is 0.263 e. The zero-order valence-corrected chi connectivity index (χ0v) is 36.3. The number of nitrogens with zero attached hydrogens (tertiary/aromatic N) is 11. The number of carbonyl (C=O) groups is 3. The molecular formula is C44H53FN14O4. The third kappa shape index (κ3) is 9.42. The quantitative estimate of drug-likeness (QED) is 0.108. The third-order valence-electron chi connectivity index (χ3n) is 12.5. The van der Waals surface area contributed by atoms with Gasteiger partial charge in [-0.3, -0.25) is 28.6 Å². The van der Waals surface area contributed by atoms with Crippen LogP contribution in [0.3, 0.4) is 0 Å². The summed E-state index contributed by atoms with van der Waals surface area (Å²) < 4.78 is 16.0. The second-order valence-corrected chi connectivity index (χ2v) is 16.9. The number of hydrogen-bond acceptors (Lipinski definition) is 15. The summed E-state index contributed by atoms with van der Waals surface area (Å²) in [4.78, 5) is 78.7. The summed E-state index contributed by atoms with van der Waals surface area (Å²) in [6, 6.07) is 9.61. The van der Waals surface area contributed by atoms with Gasteiger partial charge in [0.15, 0.2) is 17.4 Å². The molecule has 2 atom stereocenters. The first-order chi connectivity index (χ1) is 30.3. The summed E-state index contributed by atoms with van der Waals surface area (Å²) in [6.45, 7) is 6.35. The van der Waals surface area contributed by atoms with Crippen LogP contribution in [0.25, 0.3) is 11.0 Å². The molecule has 2 amide bonds. The Bertz CT molecular complexity index is 2560. The van der Waals surface area contributed by atoms with Gasteiger partial charge in [-0.15, -0.1) is 10.2 Å². The Labute approximate surface area is 364 Å². The van der Waals surface area contributed by atoms with Crippen LogP contribution in [0.1, 0.15) is 84.2 Å². The highest BCUT2D eigenvalue weighted by Gasteiger charge is 2.32. The van der Waals surface area contributed by atoms with Gasteiger partial charge < -0.3 is 30.7 Å². The topological polar surface area (TPSA) is 200 Å². The van der Waals surface area contributed by atoms with Gasteiger partial charge in [-0.25, -0.2) is 15.0 Å². The van der Waals surface area contributed by atoms with E-state index in [1.54, 1.807) is 40.9 Å². The zero-order chi connectivity index (χ0) is 44.4. The summed E-state index contributed by atoms with van der Waals surface area (Å²) in [6.07, 6.45) is 9.35. The lowest BCUT2D eigenvalue weighted by atomic mass is 10.0. The molecule has 19 heteroatoms. The molecule has 1 aliphatic heterocycles. The molecule has 18 nitrogen and oxygen atoms in total. The number of carbonyl (C=O) groups excluding carboxylic acids is 3. The van der Waals surface area contributed by atoms with Crippen molar-refractivity contribution in [1.82, 2.24) is 44.5 Å². The first-order valence-electron chi connectivity index (χ1n) is 21.5. The summed E-state index contributed by atoms with van der Waals surface area (Å²) in [5.41, 5.74) is 2.15. The van der Waals surface area contributed by atoms with Crippen molar-refractivity contribution in [2.45, 2.75) is 76.9 Å². The van der Waals surface area contributed by atoms with E-state index < -0.39 is 11.9 Å². The van der Waals surface area contributed by atoms with Crippen molar-refractivity contribution < 1.29 is 18.8 Å². The van der Waals surface area contributed by atoms with Crippen molar-refractivity contribution in [3.05, 3.63) is 81.8 Å². The normalized spacial score (nSPS) is 18.1. The fourth-order valence-electron chi connectivity index (χ4n) is 8.92. The Balaban J connectivity index is 0.826. The minimum Gasteiger partial charge on any atom is -0.368 e. The van der Waals surface area contributed by atoms with Gasteiger partial charge in [0, 0.05) is 77.0 Å². The number of nitrogens with one attached hydrogen (secondary N) is 3. The lowest BCUT2D eigenvalue weighted by Crippen LogP contribution is -2.50. The Hall–Kier alpha value is -6.63. The van der Waals surface area contributed by atoms with E-state index in [-0.39, 0.29) is 58.1 Å². The maximum Gasteiger partial charge on any atom is 0.263 e. The molecular weight excluding hydrogens is 808 g/mol. The molecule has 0 spiro atoms. The molecule has 2 saturated carbocycles. The molecule has 3 aliphatic rings. The first kappa shape index (κ1) is 43.0. The Kier molecular flexibility index (Phi) is 12.6. The molecule has 330 valence electrons. The summed E-state index contributed by atoms with van der Waals surface area (Å²) in [7, 11) is 5.51. The molecule has 1 saturated heterocycles. The maximum absolute atomic E-state index is 14.3. The number of ketones is 1.